The summed E-state index contributed by atoms with van der Waals surface area (Å²) < 4.78 is 4.62. The summed E-state index contributed by atoms with van der Waals surface area (Å²) in [4.78, 5) is 13.0. The van der Waals surface area contributed by atoms with Crippen molar-refractivity contribution < 1.29 is 14.6 Å². The Labute approximate surface area is 73.1 Å². The van der Waals surface area contributed by atoms with E-state index in [0.717, 1.165) is 26.5 Å². The van der Waals surface area contributed by atoms with E-state index in [1.807, 2.05) is 11.9 Å². The molecular formula is C8H17NO3. The van der Waals surface area contributed by atoms with E-state index in [1.54, 1.807) is 0 Å². The highest BCUT2D eigenvalue weighted by atomic mass is 16.5. The number of carbonyl (C=O) groups excluding carboxylic acids is 1. The van der Waals surface area contributed by atoms with Gasteiger partial charge in [-0.2, -0.15) is 0 Å². The first-order chi connectivity index (χ1) is 5.75. The number of nitrogens with zero attached hydrogens (tertiary/aromatic N) is 1. The van der Waals surface area contributed by atoms with Crippen LogP contribution in [-0.4, -0.2) is 49.8 Å². The predicted octanol–water partition coefficient (Wildman–Crippen LogP) is -0.138. The summed E-state index contributed by atoms with van der Waals surface area (Å²) >= 11 is 0. The molecule has 0 spiro atoms. The Hall–Kier alpha value is -0.610. The van der Waals surface area contributed by atoms with Crippen LogP contribution in [0.5, 0.6) is 0 Å². The van der Waals surface area contributed by atoms with Crippen LogP contribution in [0.1, 0.15) is 12.8 Å². The molecule has 1 saturated heterocycles. The number of carbonyl (C=O) groups is 1. The number of ether oxygens (including phenoxy) is 1. The minimum Gasteiger partial charge on any atom is -0.468 e. The van der Waals surface area contributed by atoms with Crippen molar-refractivity contribution in [2.24, 2.45) is 0 Å². The standard InChI is InChI=1S/C7H13NO2.CH4O/c1-8-5-3-4-6(8)7(9)10-2;1-2/h6H,3-5H2,1-2H3;2H,1H3/t6-;/m0./s1. The van der Waals surface area contributed by atoms with Crippen LogP contribution < -0.4 is 0 Å². The zero-order valence-corrected chi connectivity index (χ0v) is 7.91. The molecule has 0 bridgehead atoms. The molecule has 0 aromatic carbocycles. The first-order valence-corrected chi connectivity index (χ1v) is 3.98. The maximum Gasteiger partial charge on any atom is 0.323 e. The molecule has 0 aromatic heterocycles. The second-order valence-corrected chi connectivity index (χ2v) is 2.66. The number of methoxy groups -OCH3 is 1. The summed E-state index contributed by atoms with van der Waals surface area (Å²) in [5, 5.41) is 7.00. The molecule has 4 heteroatoms. The molecule has 0 aromatic rings. The van der Waals surface area contributed by atoms with E-state index in [2.05, 4.69) is 4.74 Å². The molecule has 0 radical (unpaired) electrons. The average Bonchev–Trinajstić information content (AvgIpc) is 2.54. The van der Waals surface area contributed by atoms with E-state index in [0.29, 0.717) is 0 Å². The van der Waals surface area contributed by atoms with Gasteiger partial charge >= 0.3 is 5.97 Å². The molecule has 1 aliphatic heterocycles. The fourth-order valence-electron chi connectivity index (χ4n) is 1.34. The third-order valence-electron chi connectivity index (χ3n) is 1.99. The van der Waals surface area contributed by atoms with Gasteiger partial charge < -0.3 is 9.84 Å². The summed E-state index contributed by atoms with van der Waals surface area (Å²) in [6, 6.07) is 0.0185. The van der Waals surface area contributed by atoms with Crippen LogP contribution in [0.2, 0.25) is 0 Å². The summed E-state index contributed by atoms with van der Waals surface area (Å²) in [7, 11) is 4.39. The van der Waals surface area contributed by atoms with Crippen LogP contribution in [0.3, 0.4) is 0 Å². The number of likely N-dealkylation sites (N-methyl/N-ethyl adjacent to an activating group) is 1. The van der Waals surface area contributed by atoms with Crippen LogP contribution in [0.15, 0.2) is 0 Å². The Morgan fingerprint density at radius 1 is 1.58 bits per heavy atom. The van der Waals surface area contributed by atoms with Gasteiger partial charge in [-0.25, -0.2) is 0 Å². The van der Waals surface area contributed by atoms with Gasteiger partial charge in [0, 0.05) is 7.11 Å². The quantitative estimate of drug-likeness (QED) is 0.564. The zero-order valence-electron chi connectivity index (χ0n) is 7.91. The van der Waals surface area contributed by atoms with Crippen LogP contribution in [-0.2, 0) is 9.53 Å². The lowest BCUT2D eigenvalue weighted by Crippen LogP contribution is -2.33. The summed E-state index contributed by atoms with van der Waals surface area (Å²) in [6.07, 6.45) is 2.06. The summed E-state index contributed by atoms with van der Waals surface area (Å²) in [6.45, 7) is 1.01. The van der Waals surface area contributed by atoms with Crippen LogP contribution in [0.25, 0.3) is 0 Å². The molecule has 1 N–H and O–H groups in total. The Bertz CT molecular complexity index is 138. The zero-order chi connectivity index (χ0) is 9.56. The van der Waals surface area contributed by atoms with Gasteiger partial charge in [-0.3, -0.25) is 9.69 Å². The molecule has 0 unspecified atom stereocenters. The van der Waals surface area contributed by atoms with Gasteiger partial charge in [0.2, 0.25) is 0 Å². The highest BCUT2D eigenvalue weighted by Crippen LogP contribution is 2.15. The first-order valence-electron chi connectivity index (χ1n) is 3.98. The van der Waals surface area contributed by atoms with Crippen molar-refractivity contribution in [2.45, 2.75) is 18.9 Å². The molecule has 1 rings (SSSR count). The van der Waals surface area contributed by atoms with Gasteiger partial charge in [-0.15, -0.1) is 0 Å². The highest BCUT2D eigenvalue weighted by molar-refractivity contribution is 5.75. The van der Waals surface area contributed by atoms with Gasteiger partial charge in [0.15, 0.2) is 0 Å². The fraction of sp³-hybridized carbons (Fsp3) is 0.875. The van der Waals surface area contributed by atoms with Crippen molar-refractivity contribution in [2.75, 3.05) is 27.8 Å². The summed E-state index contributed by atoms with van der Waals surface area (Å²) in [5.41, 5.74) is 0. The third-order valence-corrected chi connectivity index (χ3v) is 1.99. The Kier molecular flexibility index (Phi) is 5.66. The maximum atomic E-state index is 11.0. The minimum absolute atomic E-state index is 0.0185. The van der Waals surface area contributed by atoms with Gasteiger partial charge in [0.05, 0.1) is 7.11 Å². The van der Waals surface area contributed by atoms with Crippen molar-refractivity contribution in [3.63, 3.8) is 0 Å². The highest BCUT2D eigenvalue weighted by Gasteiger charge is 2.27. The molecule has 0 amide bonds. The van der Waals surface area contributed by atoms with Gasteiger partial charge in [-0.1, -0.05) is 0 Å². The number of esters is 1. The van der Waals surface area contributed by atoms with E-state index >= 15 is 0 Å². The molecule has 1 aliphatic rings. The lowest BCUT2D eigenvalue weighted by molar-refractivity contribution is -0.145. The van der Waals surface area contributed by atoms with Crippen molar-refractivity contribution >= 4 is 5.97 Å². The fourth-order valence-corrected chi connectivity index (χ4v) is 1.34. The summed E-state index contributed by atoms with van der Waals surface area (Å²) in [5.74, 6) is -0.0972. The molecule has 0 aliphatic carbocycles. The largest absolute Gasteiger partial charge is 0.468 e. The van der Waals surface area contributed by atoms with Crippen LogP contribution in [0.4, 0.5) is 0 Å². The number of hydrogen-bond donors (Lipinski definition) is 1. The number of rotatable bonds is 1. The number of hydrogen-bond acceptors (Lipinski definition) is 4. The lowest BCUT2D eigenvalue weighted by atomic mass is 10.2. The van der Waals surface area contributed by atoms with E-state index in [4.69, 9.17) is 5.11 Å². The molecule has 4 nitrogen and oxygen atoms in total. The average molecular weight is 175 g/mol. The Morgan fingerprint density at radius 2 is 2.17 bits per heavy atom. The van der Waals surface area contributed by atoms with E-state index in [1.165, 1.54) is 7.11 Å². The van der Waals surface area contributed by atoms with Crippen molar-refractivity contribution in [1.82, 2.24) is 4.90 Å². The molecule has 1 heterocycles. The lowest BCUT2D eigenvalue weighted by Gasteiger charge is -2.15. The van der Waals surface area contributed by atoms with E-state index in [-0.39, 0.29) is 12.0 Å². The van der Waals surface area contributed by atoms with Crippen LogP contribution >= 0.6 is 0 Å². The SMILES string of the molecule is CO.COC(=O)[C@@H]1CCCN1C. The maximum absolute atomic E-state index is 11.0. The molecule has 1 atom stereocenters. The normalized spacial score (nSPS) is 22.8. The van der Waals surface area contributed by atoms with Gasteiger partial charge in [0.1, 0.15) is 6.04 Å². The Balaban J connectivity index is 0.000000561. The second-order valence-electron chi connectivity index (χ2n) is 2.66. The number of likely N-dealkylation sites (tertiary alicyclic amines) is 1. The van der Waals surface area contributed by atoms with Crippen molar-refractivity contribution in [3.05, 3.63) is 0 Å². The number of aliphatic hydroxyl groups is 1. The van der Waals surface area contributed by atoms with E-state index in [9.17, 15) is 4.79 Å². The monoisotopic (exact) mass is 175 g/mol. The molecule has 12 heavy (non-hydrogen) atoms. The molecule has 72 valence electrons. The van der Waals surface area contributed by atoms with Crippen molar-refractivity contribution in [1.29, 1.82) is 0 Å². The molecule has 0 saturated carbocycles. The molecule has 1 fully saturated rings. The van der Waals surface area contributed by atoms with Crippen LogP contribution in [0, 0.1) is 0 Å². The first kappa shape index (κ1) is 11.4. The molecular weight excluding hydrogens is 158 g/mol. The minimum atomic E-state index is -0.0972. The Morgan fingerprint density at radius 3 is 2.50 bits per heavy atom. The predicted molar refractivity (Wildman–Crippen MR) is 45.8 cm³/mol. The topological polar surface area (TPSA) is 49.8 Å². The number of aliphatic hydroxyl groups excluding tert-OH is 1. The van der Waals surface area contributed by atoms with Gasteiger partial charge in [-0.05, 0) is 26.4 Å². The smallest absolute Gasteiger partial charge is 0.323 e. The second kappa shape index (κ2) is 5.97. The van der Waals surface area contributed by atoms with Gasteiger partial charge in [0.25, 0.3) is 0 Å². The van der Waals surface area contributed by atoms with Crippen molar-refractivity contribution in [3.8, 4) is 0 Å². The van der Waals surface area contributed by atoms with E-state index < -0.39 is 0 Å². The third kappa shape index (κ3) is 2.79.